The van der Waals surface area contributed by atoms with Crippen LogP contribution in [-0.2, 0) is 11.2 Å². The lowest BCUT2D eigenvalue weighted by Crippen LogP contribution is -2.33. The van der Waals surface area contributed by atoms with E-state index in [4.69, 9.17) is 4.74 Å². The van der Waals surface area contributed by atoms with E-state index in [1.54, 1.807) is 18.9 Å². The van der Waals surface area contributed by atoms with Crippen molar-refractivity contribution in [2.24, 2.45) is 5.92 Å². The average molecular weight is 473 g/mol. The Labute approximate surface area is 209 Å². The highest BCUT2D eigenvalue weighted by Gasteiger charge is 2.15. The second-order valence-corrected chi connectivity index (χ2v) is 10.3. The first-order valence-corrected chi connectivity index (χ1v) is 12.4. The van der Waals surface area contributed by atoms with E-state index in [2.05, 4.69) is 81.7 Å². The number of benzene rings is 3. The van der Waals surface area contributed by atoms with E-state index in [0.717, 1.165) is 39.1 Å². The number of hydrogen-bond acceptors (Lipinski definition) is 4. The lowest BCUT2D eigenvalue weighted by atomic mass is 10.0. The average Bonchev–Trinajstić information content (AvgIpc) is 2.80. The number of rotatable bonds is 8. The number of ether oxygens (including phenoxy) is 1. The van der Waals surface area contributed by atoms with Crippen LogP contribution in [0.4, 0.5) is 0 Å². The molecule has 3 aromatic rings. The lowest BCUT2D eigenvalue weighted by molar-refractivity contribution is 0.371. The van der Waals surface area contributed by atoms with Gasteiger partial charge in [-0.25, -0.2) is 0 Å². The van der Waals surface area contributed by atoms with Gasteiger partial charge in [-0.2, -0.15) is 5.26 Å². The van der Waals surface area contributed by atoms with Crippen molar-refractivity contribution in [2.45, 2.75) is 44.6 Å². The summed E-state index contributed by atoms with van der Waals surface area (Å²) < 4.78 is 5.44. The molecular weight excluding hydrogens is 436 g/mol. The minimum Gasteiger partial charge on any atom is -0.497 e. The molecule has 178 valence electrons. The van der Waals surface area contributed by atoms with Crippen molar-refractivity contribution in [3.8, 4) is 6.07 Å². The molecule has 3 rings (SSSR count). The highest BCUT2D eigenvalue weighted by atomic mass is 32.2. The number of thioether (sulfide) groups is 1. The van der Waals surface area contributed by atoms with E-state index in [1.165, 1.54) is 5.56 Å². The molecule has 0 amide bonds. The molecule has 0 spiro atoms. The monoisotopic (exact) mass is 472 g/mol. The van der Waals surface area contributed by atoms with Crippen LogP contribution >= 0.6 is 11.8 Å². The van der Waals surface area contributed by atoms with Crippen LogP contribution in [0, 0.1) is 17.2 Å². The minimum absolute atomic E-state index is 0.0440. The standard InChI is InChI=1S/C23H21NOS.C7H15N/c1-17(25-2)23-21-11-7-6-10-20(21)12-13-22(23)26-16-19(15-24)14-18-8-4-3-5-9-18;1-6(2)8-7(3,4)5/h3-13,19H,1,14,16H2,2H3;8H,1H2,2-5H3. The Balaban J connectivity index is 0.000000440. The van der Waals surface area contributed by atoms with Crippen LogP contribution in [0.25, 0.3) is 16.5 Å². The largest absolute Gasteiger partial charge is 0.497 e. The van der Waals surface area contributed by atoms with Crippen molar-refractivity contribution >= 4 is 28.3 Å². The summed E-state index contributed by atoms with van der Waals surface area (Å²) in [6.45, 7) is 16.1. The summed E-state index contributed by atoms with van der Waals surface area (Å²) in [6.07, 6.45) is 0.762. The molecule has 34 heavy (non-hydrogen) atoms. The normalized spacial score (nSPS) is 11.5. The van der Waals surface area contributed by atoms with Gasteiger partial charge in [0.1, 0.15) is 5.76 Å². The maximum absolute atomic E-state index is 9.56. The van der Waals surface area contributed by atoms with Crippen molar-refractivity contribution < 1.29 is 4.74 Å². The molecule has 0 fully saturated rings. The molecule has 0 saturated heterocycles. The van der Waals surface area contributed by atoms with Crippen LogP contribution in [-0.4, -0.2) is 18.4 Å². The summed E-state index contributed by atoms with van der Waals surface area (Å²) in [6, 6.07) is 25.1. The number of fused-ring (bicyclic) bond motifs is 1. The maximum Gasteiger partial charge on any atom is 0.120 e. The Hall–Kier alpha value is -3.16. The van der Waals surface area contributed by atoms with E-state index < -0.39 is 0 Å². The first-order valence-electron chi connectivity index (χ1n) is 11.4. The van der Waals surface area contributed by atoms with Gasteiger partial charge < -0.3 is 10.1 Å². The third kappa shape index (κ3) is 8.65. The fourth-order valence-corrected chi connectivity index (χ4v) is 4.74. The van der Waals surface area contributed by atoms with E-state index in [9.17, 15) is 5.26 Å². The summed E-state index contributed by atoms with van der Waals surface area (Å²) in [4.78, 5) is 1.10. The zero-order chi connectivity index (χ0) is 25.1. The third-order valence-corrected chi connectivity index (χ3v) is 6.17. The maximum atomic E-state index is 9.56. The topological polar surface area (TPSA) is 45.0 Å². The number of nitrogens with zero attached hydrogens (tertiary/aromatic N) is 1. The van der Waals surface area contributed by atoms with Gasteiger partial charge in [0, 0.05) is 27.4 Å². The summed E-state index contributed by atoms with van der Waals surface area (Å²) in [7, 11) is 1.64. The fourth-order valence-electron chi connectivity index (χ4n) is 3.63. The van der Waals surface area contributed by atoms with Crippen molar-refractivity contribution in [1.29, 1.82) is 5.26 Å². The SMILES string of the molecule is C=C(C)NC(C)(C)C.C=C(OC)c1c(SCC(C#N)Cc2ccccc2)ccc2ccccc12. The van der Waals surface area contributed by atoms with Crippen LogP contribution in [0.3, 0.4) is 0 Å². The number of nitriles is 1. The van der Waals surface area contributed by atoms with Crippen LogP contribution in [0.1, 0.15) is 38.8 Å². The molecule has 1 atom stereocenters. The lowest BCUT2D eigenvalue weighted by Gasteiger charge is -2.21. The zero-order valence-corrected chi connectivity index (χ0v) is 21.8. The predicted octanol–water partition coefficient (Wildman–Crippen LogP) is 7.84. The molecule has 0 radical (unpaired) electrons. The molecular formula is C30H36N2OS. The fraction of sp³-hybridized carbons (Fsp3) is 0.300. The molecule has 4 heteroatoms. The van der Waals surface area contributed by atoms with Gasteiger partial charge in [-0.3, -0.25) is 0 Å². The zero-order valence-electron chi connectivity index (χ0n) is 21.0. The highest BCUT2D eigenvalue weighted by molar-refractivity contribution is 7.99. The Morgan fingerprint density at radius 1 is 1.03 bits per heavy atom. The van der Waals surface area contributed by atoms with Crippen LogP contribution in [0.5, 0.6) is 0 Å². The van der Waals surface area contributed by atoms with Gasteiger partial charge in [-0.05, 0) is 56.5 Å². The van der Waals surface area contributed by atoms with Gasteiger partial charge >= 0.3 is 0 Å². The summed E-state index contributed by atoms with van der Waals surface area (Å²) in [5, 5.41) is 15.0. The molecule has 0 aliphatic heterocycles. The number of allylic oxidation sites excluding steroid dienone is 1. The molecule has 0 aromatic heterocycles. The van der Waals surface area contributed by atoms with Crippen molar-refractivity contribution in [3.05, 3.63) is 96.7 Å². The van der Waals surface area contributed by atoms with Gasteiger partial charge in [0.05, 0.1) is 19.1 Å². The number of methoxy groups -OCH3 is 1. The Bertz CT molecular complexity index is 1140. The summed E-state index contributed by atoms with van der Waals surface area (Å²) in [5.74, 6) is 1.34. The number of nitrogens with one attached hydrogen (secondary N) is 1. The second-order valence-electron chi connectivity index (χ2n) is 9.27. The Kier molecular flexibility index (Phi) is 10.3. The van der Waals surface area contributed by atoms with E-state index in [0.29, 0.717) is 5.76 Å². The summed E-state index contributed by atoms with van der Waals surface area (Å²) in [5.41, 5.74) is 3.41. The third-order valence-electron chi connectivity index (χ3n) is 4.95. The molecule has 3 nitrogen and oxygen atoms in total. The van der Waals surface area contributed by atoms with Crippen molar-refractivity contribution in [1.82, 2.24) is 5.32 Å². The van der Waals surface area contributed by atoms with Gasteiger partial charge in [0.15, 0.2) is 0 Å². The van der Waals surface area contributed by atoms with Gasteiger partial charge in [-0.15, -0.1) is 11.8 Å². The van der Waals surface area contributed by atoms with Crippen molar-refractivity contribution in [3.63, 3.8) is 0 Å². The first-order chi connectivity index (χ1) is 16.1. The molecule has 0 bridgehead atoms. The summed E-state index contributed by atoms with van der Waals surface area (Å²) >= 11 is 1.69. The van der Waals surface area contributed by atoms with Crippen LogP contribution < -0.4 is 5.32 Å². The molecule has 3 aromatic carbocycles. The molecule has 1 unspecified atom stereocenters. The molecule has 0 aliphatic rings. The minimum atomic E-state index is -0.0440. The van der Waals surface area contributed by atoms with Crippen molar-refractivity contribution in [2.75, 3.05) is 12.9 Å². The Morgan fingerprint density at radius 3 is 2.24 bits per heavy atom. The smallest absolute Gasteiger partial charge is 0.120 e. The second kappa shape index (κ2) is 12.9. The molecule has 0 saturated carbocycles. The van der Waals surface area contributed by atoms with E-state index >= 15 is 0 Å². The van der Waals surface area contributed by atoms with Gasteiger partial charge in [0.2, 0.25) is 0 Å². The Morgan fingerprint density at radius 2 is 1.68 bits per heavy atom. The molecule has 0 aliphatic carbocycles. The predicted molar refractivity (Wildman–Crippen MR) is 148 cm³/mol. The van der Waals surface area contributed by atoms with Crippen LogP contribution in [0.15, 0.2) is 90.5 Å². The molecule has 0 heterocycles. The first kappa shape index (κ1) is 27.1. The van der Waals surface area contributed by atoms with Gasteiger partial charge in [-0.1, -0.05) is 73.8 Å². The number of hydrogen-bond donors (Lipinski definition) is 1. The van der Waals surface area contributed by atoms with E-state index in [1.807, 2.05) is 37.3 Å². The van der Waals surface area contributed by atoms with Crippen LogP contribution in [0.2, 0.25) is 0 Å². The van der Waals surface area contributed by atoms with Gasteiger partial charge in [0.25, 0.3) is 0 Å². The van der Waals surface area contributed by atoms with E-state index in [-0.39, 0.29) is 11.5 Å². The molecule has 1 N–H and O–H groups in total. The quantitative estimate of drug-likeness (QED) is 0.268. The highest BCUT2D eigenvalue weighted by Crippen LogP contribution is 2.35.